The normalized spacial score (nSPS) is 12.6. The molecule has 0 aliphatic heterocycles. The maximum atomic E-state index is 11.6. The molecule has 0 heterocycles. The number of alkyl halides is 4. The molecule has 0 aromatic carbocycles. The van der Waals surface area contributed by atoms with Gasteiger partial charge in [0.1, 0.15) is 0 Å². The smallest absolute Gasteiger partial charge is 0.313 e. The second-order valence-corrected chi connectivity index (χ2v) is 2.86. The molecule has 0 spiro atoms. The van der Waals surface area contributed by atoms with E-state index in [-0.39, 0.29) is 6.42 Å². The lowest BCUT2D eigenvalue weighted by Crippen LogP contribution is -2.18. The number of allylic oxidation sites excluding steroid dienone is 1. The summed E-state index contributed by atoms with van der Waals surface area (Å²) < 4.78 is 34.9. The van der Waals surface area contributed by atoms with Gasteiger partial charge in [-0.3, -0.25) is 0 Å². The molecule has 13 heavy (non-hydrogen) atoms. The topological polar surface area (TPSA) is 12.0 Å². The van der Waals surface area contributed by atoms with Crippen LogP contribution in [0.3, 0.4) is 0 Å². The molecule has 78 valence electrons. The predicted molar refractivity (Wildman–Crippen MR) is 48.0 cm³/mol. The van der Waals surface area contributed by atoms with E-state index in [0.717, 1.165) is 0 Å². The van der Waals surface area contributed by atoms with Crippen molar-refractivity contribution in [3.63, 3.8) is 0 Å². The molecule has 1 nitrogen and oxygen atoms in total. The number of hydrogen-bond donors (Lipinski definition) is 1. The Balaban J connectivity index is 3.13. The molecule has 0 saturated carbocycles. The van der Waals surface area contributed by atoms with E-state index < -0.39 is 12.6 Å². The van der Waals surface area contributed by atoms with E-state index in [1.807, 2.05) is 0 Å². The lowest BCUT2D eigenvalue weighted by atomic mass is 10.3. The summed E-state index contributed by atoms with van der Waals surface area (Å²) >= 11 is 5.34. The van der Waals surface area contributed by atoms with E-state index in [1.54, 1.807) is 12.2 Å². The maximum absolute atomic E-state index is 11.6. The van der Waals surface area contributed by atoms with Crippen LogP contribution in [0.25, 0.3) is 0 Å². The molecular weight excluding hydrogens is 203 g/mol. The third kappa shape index (κ3) is 11.8. The van der Waals surface area contributed by atoms with Crippen LogP contribution in [0.2, 0.25) is 0 Å². The minimum absolute atomic E-state index is 0.123. The summed E-state index contributed by atoms with van der Waals surface area (Å²) in [7, 11) is 0. The SMILES string of the molecule is FC(F)(F)CCCNC/C=C/CCl. The van der Waals surface area contributed by atoms with Gasteiger partial charge in [-0.2, -0.15) is 13.2 Å². The highest BCUT2D eigenvalue weighted by Crippen LogP contribution is 2.20. The quantitative estimate of drug-likeness (QED) is 0.408. The van der Waals surface area contributed by atoms with Crippen molar-refractivity contribution in [2.45, 2.75) is 19.0 Å². The third-order valence-electron chi connectivity index (χ3n) is 1.33. The monoisotopic (exact) mass is 215 g/mol. The largest absolute Gasteiger partial charge is 0.389 e. The summed E-state index contributed by atoms with van der Waals surface area (Å²) in [5, 5.41) is 2.85. The number of nitrogens with one attached hydrogen (secondary N) is 1. The van der Waals surface area contributed by atoms with Crippen molar-refractivity contribution in [1.29, 1.82) is 0 Å². The van der Waals surface area contributed by atoms with Crippen molar-refractivity contribution in [3.8, 4) is 0 Å². The van der Waals surface area contributed by atoms with Gasteiger partial charge in [0.15, 0.2) is 0 Å². The van der Waals surface area contributed by atoms with Crippen LogP contribution in [-0.4, -0.2) is 25.1 Å². The molecule has 1 N–H and O–H groups in total. The highest BCUT2D eigenvalue weighted by molar-refractivity contribution is 6.18. The molecule has 0 saturated heterocycles. The van der Waals surface area contributed by atoms with Crippen LogP contribution in [0.15, 0.2) is 12.2 Å². The van der Waals surface area contributed by atoms with Crippen molar-refractivity contribution < 1.29 is 13.2 Å². The van der Waals surface area contributed by atoms with Gasteiger partial charge in [0.2, 0.25) is 0 Å². The minimum Gasteiger partial charge on any atom is -0.313 e. The lowest BCUT2D eigenvalue weighted by Gasteiger charge is -2.05. The zero-order valence-corrected chi connectivity index (χ0v) is 7.96. The van der Waals surface area contributed by atoms with Crippen LogP contribution in [0.1, 0.15) is 12.8 Å². The zero-order chi connectivity index (χ0) is 10.2. The van der Waals surface area contributed by atoms with Crippen LogP contribution in [-0.2, 0) is 0 Å². The second-order valence-electron chi connectivity index (χ2n) is 2.55. The first kappa shape index (κ1) is 12.8. The van der Waals surface area contributed by atoms with Gasteiger partial charge in [0.05, 0.1) is 0 Å². The Kier molecular flexibility index (Phi) is 7.09. The Labute approximate surface area is 81.0 Å². The molecule has 0 aliphatic rings. The minimum atomic E-state index is -4.03. The van der Waals surface area contributed by atoms with E-state index in [4.69, 9.17) is 11.6 Å². The van der Waals surface area contributed by atoms with E-state index in [1.165, 1.54) is 0 Å². The molecule has 0 aromatic heterocycles. The van der Waals surface area contributed by atoms with Crippen molar-refractivity contribution >= 4 is 11.6 Å². The standard InChI is InChI=1S/C8H13ClF3N/c9-5-1-2-6-13-7-3-4-8(10,11)12/h1-2,13H,3-7H2/b2-1+. The second kappa shape index (κ2) is 7.21. The molecule has 0 aliphatic carbocycles. The van der Waals surface area contributed by atoms with E-state index >= 15 is 0 Å². The van der Waals surface area contributed by atoms with Gasteiger partial charge in [0.25, 0.3) is 0 Å². The summed E-state index contributed by atoms with van der Waals surface area (Å²) in [5.74, 6) is 0.435. The summed E-state index contributed by atoms with van der Waals surface area (Å²) in [4.78, 5) is 0. The lowest BCUT2D eigenvalue weighted by molar-refractivity contribution is -0.135. The first-order chi connectivity index (χ1) is 6.06. The van der Waals surface area contributed by atoms with Crippen LogP contribution < -0.4 is 5.32 Å². The Hall–Kier alpha value is -0.220. The highest BCUT2D eigenvalue weighted by atomic mass is 35.5. The van der Waals surface area contributed by atoms with Crippen molar-refractivity contribution in [3.05, 3.63) is 12.2 Å². The molecular formula is C8H13ClF3N. The fourth-order valence-corrected chi connectivity index (χ4v) is 0.872. The first-order valence-corrected chi connectivity index (χ1v) is 4.58. The van der Waals surface area contributed by atoms with Crippen molar-refractivity contribution in [2.75, 3.05) is 19.0 Å². The molecule has 0 fully saturated rings. The fourth-order valence-electron chi connectivity index (χ4n) is 0.746. The average molecular weight is 216 g/mol. The molecule has 0 atom stereocenters. The molecule has 0 radical (unpaired) electrons. The zero-order valence-electron chi connectivity index (χ0n) is 7.20. The van der Waals surface area contributed by atoms with Crippen LogP contribution in [0, 0.1) is 0 Å². The van der Waals surface area contributed by atoms with Gasteiger partial charge in [0, 0.05) is 18.8 Å². The van der Waals surface area contributed by atoms with Gasteiger partial charge in [-0.1, -0.05) is 12.2 Å². The van der Waals surface area contributed by atoms with Gasteiger partial charge in [-0.05, 0) is 13.0 Å². The van der Waals surface area contributed by atoms with Crippen LogP contribution >= 0.6 is 11.6 Å². The summed E-state index contributed by atoms with van der Waals surface area (Å²) in [5.41, 5.74) is 0. The molecule has 5 heteroatoms. The predicted octanol–water partition coefficient (Wildman–Crippen LogP) is 2.71. The Morgan fingerprint density at radius 3 is 2.46 bits per heavy atom. The number of rotatable bonds is 6. The van der Waals surface area contributed by atoms with Gasteiger partial charge < -0.3 is 5.32 Å². The number of hydrogen-bond acceptors (Lipinski definition) is 1. The molecule has 0 bridgehead atoms. The van der Waals surface area contributed by atoms with Crippen molar-refractivity contribution in [2.24, 2.45) is 0 Å². The van der Waals surface area contributed by atoms with E-state index in [0.29, 0.717) is 19.0 Å². The highest BCUT2D eigenvalue weighted by Gasteiger charge is 2.25. The van der Waals surface area contributed by atoms with E-state index in [2.05, 4.69) is 5.32 Å². The fraction of sp³-hybridized carbons (Fsp3) is 0.750. The molecule has 0 aromatic rings. The summed E-state index contributed by atoms with van der Waals surface area (Å²) in [6.07, 6.45) is -1.09. The van der Waals surface area contributed by atoms with E-state index in [9.17, 15) is 13.2 Å². The Morgan fingerprint density at radius 1 is 1.23 bits per heavy atom. The Bertz CT molecular complexity index is 145. The van der Waals surface area contributed by atoms with Gasteiger partial charge >= 0.3 is 6.18 Å². The molecule has 0 rings (SSSR count). The summed E-state index contributed by atoms with van der Waals surface area (Å²) in [6, 6.07) is 0. The van der Waals surface area contributed by atoms with Gasteiger partial charge in [-0.15, -0.1) is 11.6 Å². The van der Waals surface area contributed by atoms with Crippen molar-refractivity contribution in [1.82, 2.24) is 5.32 Å². The van der Waals surface area contributed by atoms with Crippen LogP contribution in [0.5, 0.6) is 0 Å². The Morgan fingerprint density at radius 2 is 1.92 bits per heavy atom. The first-order valence-electron chi connectivity index (χ1n) is 4.04. The van der Waals surface area contributed by atoms with Crippen LogP contribution in [0.4, 0.5) is 13.2 Å². The number of halogens is 4. The average Bonchev–Trinajstić information content (AvgIpc) is 2.01. The third-order valence-corrected chi connectivity index (χ3v) is 1.51. The maximum Gasteiger partial charge on any atom is 0.389 e. The van der Waals surface area contributed by atoms with Gasteiger partial charge in [-0.25, -0.2) is 0 Å². The molecule has 0 amide bonds. The summed E-state index contributed by atoms with van der Waals surface area (Å²) in [6.45, 7) is 0.955. The molecule has 0 unspecified atom stereocenters.